The van der Waals surface area contributed by atoms with Gasteiger partial charge in [0.25, 0.3) is 0 Å². The van der Waals surface area contributed by atoms with Crippen LogP contribution in [-0.2, 0) is 24.1 Å². The molecule has 32 heavy (non-hydrogen) atoms. The van der Waals surface area contributed by atoms with E-state index in [1.54, 1.807) is 12.1 Å². The highest BCUT2D eigenvalue weighted by Crippen LogP contribution is 2.55. The molecule has 8 heteroatoms. The molecule has 0 heterocycles. The number of aliphatic imine (C=N–C) groups is 1. The van der Waals surface area contributed by atoms with Crippen LogP contribution in [0.4, 0.5) is 13.2 Å². The van der Waals surface area contributed by atoms with Crippen LogP contribution in [-0.4, -0.2) is 37.1 Å². The third kappa shape index (κ3) is 4.45. The predicted octanol–water partition coefficient (Wildman–Crippen LogP) is 4.19. The van der Waals surface area contributed by atoms with Crippen molar-refractivity contribution in [2.24, 2.45) is 16.1 Å². The minimum Gasteiger partial charge on any atom is -0.484 e. The molecule has 2 aliphatic carbocycles. The van der Waals surface area contributed by atoms with Gasteiger partial charge < -0.3 is 10.5 Å². The Morgan fingerprint density at radius 3 is 2.44 bits per heavy atom. The molecule has 5 nitrogen and oxygen atoms in total. The Balaban J connectivity index is 1.71. The van der Waals surface area contributed by atoms with Gasteiger partial charge in [0.15, 0.2) is 12.6 Å². The van der Waals surface area contributed by atoms with Crippen molar-refractivity contribution in [3.05, 3.63) is 64.7 Å². The molecule has 0 aromatic heterocycles. The minimum absolute atomic E-state index is 0.0839. The van der Waals surface area contributed by atoms with E-state index < -0.39 is 12.8 Å². The molecule has 0 saturated heterocycles. The van der Waals surface area contributed by atoms with E-state index in [9.17, 15) is 18.0 Å². The number of hydrogen-bond acceptors (Lipinski definition) is 3. The van der Waals surface area contributed by atoms with Crippen molar-refractivity contribution in [3.63, 3.8) is 0 Å². The van der Waals surface area contributed by atoms with Crippen LogP contribution in [0.25, 0.3) is 0 Å². The summed E-state index contributed by atoms with van der Waals surface area (Å²) in [5.74, 6) is 0.234. The zero-order valence-electron chi connectivity index (χ0n) is 17.9. The lowest BCUT2D eigenvalue weighted by atomic mass is 9.74. The number of guanidine groups is 1. The van der Waals surface area contributed by atoms with Gasteiger partial charge in [0.05, 0.1) is 6.04 Å². The summed E-state index contributed by atoms with van der Waals surface area (Å²) in [6.07, 6.45) is 0.429. The maximum absolute atomic E-state index is 12.7. The van der Waals surface area contributed by atoms with E-state index in [0.29, 0.717) is 6.41 Å². The highest BCUT2D eigenvalue weighted by atomic mass is 19.4. The molecule has 1 atom stereocenters. The van der Waals surface area contributed by atoms with Gasteiger partial charge >= 0.3 is 6.18 Å². The van der Waals surface area contributed by atoms with E-state index in [2.05, 4.69) is 12.1 Å². The molecule has 2 N–H and O–H groups in total. The number of halogens is 3. The van der Waals surface area contributed by atoms with Gasteiger partial charge in [-0.2, -0.15) is 13.2 Å². The average molecular weight is 445 g/mol. The molecular formula is C24H26F3N3O2. The monoisotopic (exact) mass is 445 g/mol. The largest absolute Gasteiger partial charge is 0.484 e. The van der Waals surface area contributed by atoms with Crippen LogP contribution >= 0.6 is 0 Å². The molecular weight excluding hydrogens is 419 g/mol. The van der Waals surface area contributed by atoms with Gasteiger partial charge in [-0.1, -0.05) is 30.3 Å². The fraction of sp³-hybridized carbons (Fsp3) is 0.417. The van der Waals surface area contributed by atoms with Crippen molar-refractivity contribution in [3.8, 4) is 5.75 Å². The highest BCUT2D eigenvalue weighted by molar-refractivity contribution is 5.87. The lowest BCUT2D eigenvalue weighted by Crippen LogP contribution is -2.35. The molecule has 2 aliphatic rings. The maximum Gasteiger partial charge on any atom is 0.422 e. The molecule has 0 fully saturated rings. The van der Waals surface area contributed by atoms with Crippen LogP contribution < -0.4 is 10.5 Å². The molecule has 1 amide bonds. The molecule has 1 unspecified atom stereocenters. The number of carbonyl (C=O) groups is 1. The first-order chi connectivity index (χ1) is 15.2. The SMILES string of the molecule is CN(C=O)/C(N)=N\C1c2cc(OCC(F)(F)F)ccc2CC12CCc1ccccc1CC2. The summed E-state index contributed by atoms with van der Waals surface area (Å²) in [5.41, 5.74) is 10.3. The number of amides is 1. The first-order valence-electron chi connectivity index (χ1n) is 10.6. The van der Waals surface area contributed by atoms with E-state index in [1.165, 1.54) is 23.1 Å². The number of alkyl halides is 3. The lowest BCUT2D eigenvalue weighted by molar-refractivity contribution is -0.153. The van der Waals surface area contributed by atoms with Crippen LogP contribution in [0.3, 0.4) is 0 Å². The van der Waals surface area contributed by atoms with Gasteiger partial charge in [0.1, 0.15) is 5.75 Å². The van der Waals surface area contributed by atoms with Crippen LogP contribution in [0.5, 0.6) is 5.75 Å². The molecule has 2 aromatic carbocycles. The number of aryl methyl sites for hydroxylation is 2. The topological polar surface area (TPSA) is 67.9 Å². The number of carbonyl (C=O) groups excluding carboxylic acids is 1. The van der Waals surface area contributed by atoms with E-state index >= 15 is 0 Å². The molecule has 2 aromatic rings. The van der Waals surface area contributed by atoms with Crippen molar-refractivity contribution in [2.75, 3.05) is 13.7 Å². The fourth-order valence-electron chi connectivity index (χ4n) is 4.92. The summed E-state index contributed by atoms with van der Waals surface area (Å²) in [6.45, 7) is -1.35. The second kappa shape index (κ2) is 8.48. The summed E-state index contributed by atoms with van der Waals surface area (Å²) in [7, 11) is 1.53. The Morgan fingerprint density at radius 2 is 1.84 bits per heavy atom. The Bertz CT molecular complexity index is 1010. The van der Waals surface area contributed by atoms with E-state index in [1.807, 2.05) is 18.2 Å². The van der Waals surface area contributed by atoms with Gasteiger partial charge in [0.2, 0.25) is 6.41 Å². The number of nitrogens with two attached hydrogens (primary N) is 1. The number of benzene rings is 2. The Hall–Kier alpha value is -3.03. The van der Waals surface area contributed by atoms with Crippen molar-refractivity contribution >= 4 is 12.4 Å². The molecule has 0 aliphatic heterocycles. The number of ether oxygens (including phenoxy) is 1. The Morgan fingerprint density at radius 1 is 1.19 bits per heavy atom. The van der Waals surface area contributed by atoms with E-state index in [-0.39, 0.29) is 23.2 Å². The normalized spacial score (nSPS) is 19.8. The quantitative estimate of drug-likeness (QED) is 0.436. The first kappa shape index (κ1) is 22.2. The van der Waals surface area contributed by atoms with Crippen LogP contribution in [0, 0.1) is 5.41 Å². The van der Waals surface area contributed by atoms with E-state index in [0.717, 1.165) is 43.2 Å². The summed E-state index contributed by atoms with van der Waals surface area (Å²) in [6, 6.07) is 13.1. The number of nitrogens with zero attached hydrogens (tertiary/aromatic N) is 2. The van der Waals surface area contributed by atoms with Crippen molar-refractivity contribution in [1.29, 1.82) is 0 Å². The van der Waals surface area contributed by atoms with Gasteiger partial charge in [0, 0.05) is 12.5 Å². The highest BCUT2D eigenvalue weighted by Gasteiger charge is 2.47. The minimum atomic E-state index is -4.41. The van der Waals surface area contributed by atoms with Gasteiger partial charge in [-0.05, 0) is 66.5 Å². The number of hydrogen-bond donors (Lipinski definition) is 1. The van der Waals surface area contributed by atoms with Gasteiger partial charge in [-0.25, -0.2) is 4.99 Å². The van der Waals surface area contributed by atoms with Crippen molar-refractivity contribution in [2.45, 2.75) is 44.3 Å². The summed E-state index contributed by atoms with van der Waals surface area (Å²) in [4.78, 5) is 17.1. The summed E-state index contributed by atoms with van der Waals surface area (Å²) < 4.78 is 42.9. The van der Waals surface area contributed by atoms with Crippen molar-refractivity contribution < 1.29 is 22.7 Å². The molecule has 0 bridgehead atoms. The van der Waals surface area contributed by atoms with E-state index in [4.69, 9.17) is 15.5 Å². The molecule has 1 spiro atoms. The average Bonchev–Trinajstić information content (AvgIpc) is 2.93. The Labute approximate surface area is 185 Å². The lowest BCUT2D eigenvalue weighted by Gasteiger charge is -2.33. The smallest absolute Gasteiger partial charge is 0.422 e. The molecule has 4 rings (SSSR count). The van der Waals surface area contributed by atoms with Crippen LogP contribution in [0.15, 0.2) is 47.5 Å². The molecule has 0 radical (unpaired) electrons. The summed E-state index contributed by atoms with van der Waals surface area (Å²) in [5, 5.41) is 0. The summed E-state index contributed by atoms with van der Waals surface area (Å²) >= 11 is 0. The Kier molecular flexibility index (Phi) is 5.88. The third-order valence-electron chi connectivity index (χ3n) is 6.62. The maximum atomic E-state index is 12.7. The van der Waals surface area contributed by atoms with Gasteiger partial charge in [-0.15, -0.1) is 0 Å². The van der Waals surface area contributed by atoms with Crippen LogP contribution in [0.1, 0.15) is 41.1 Å². The zero-order chi connectivity index (χ0) is 22.9. The second-order valence-electron chi connectivity index (χ2n) is 8.68. The van der Waals surface area contributed by atoms with Crippen molar-refractivity contribution in [1.82, 2.24) is 4.90 Å². The van der Waals surface area contributed by atoms with Crippen LogP contribution in [0.2, 0.25) is 0 Å². The third-order valence-corrected chi connectivity index (χ3v) is 6.62. The molecule has 170 valence electrons. The molecule has 0 saturated carbocycles. The fourth-order valence-corrected chi connectivity index (χ4v) is 4.92. The predicted molar refractivity (Wildman–Crippen MR) is 115 cm³/mol. The second-order valence-corrected chi connectivity index (χ2v) is 8.68. The van der Waals surface area contributed by atoms with Gasteiger partial charge in [-0.3, -0.25) is 9.69 Å². The number of fused-ring (bicyclic) bond motifs is 2. The zero-order valence-corrected chi connectivity index (χ0v) is 17.9. The first-order valence-corrected chi connectivity index (χ1v) is 10.6. The number of rotatable bonds is 4. The standard InChI is InChI=1S/C24H26F3N3O2/c1-30(15-31)22(28)29-21-20-12-19(32-14-24(25,26)27)7-6-18(20)13-23(21)10-8-16-4-2-3-5-17(16)9-11-23/h2-7,12,15,21H,8-11,13-14H2,1H3,(H2,28,29).